The molecule has 5 heteroatoms. The Balaban J connectivity index is 1.93. The summed E-state index contributed by atoms with van der Waals surface area (Å²) in [4.78, 5) is 11.3. The van der Waals surface area contributed by atoms with Crippen molar-refractivity contribution in [2.75, 3.05) is 26.3 Å². The molecule has 0 aromatic rings. The molecule has 0 radical (unpaired) electrons. The van der Waals surface area contributed by atoms with Gasteiger partial charge in [0, 0.05) is 19.1 Å². The Bertz CT molecular complexity index is 182. The number of carbonyl (C=O) groups is 1. The summed E-state index contributed by atoms with van der Waals surface area (Å²) in [6, 6.07) is 0.285. The van der Waals surface area contributed by atoms with Crippen molar-refractivity contribution in [3.63, 3.8) is 0 Å². The Hall–Kier alpha value is -0.810. The summed E-state index contributed by atoms with van der Waals surface area (Å²) in [5.74, 6) is 0. The minimum Gasteiger partial charge on any atom is -0.378 e. The van der Waals surface area contributed by atoms with Crippen LogP contribution in [0.15, 0.2) is 0 Å². The summed E-state index contributed by atoms with van der Waals surface area (Å²) >= 11 is 0. The molecule has 0 spiro atoms. The highest BCUT2D eigenvalue weighted by molar-refractivity contribution is 5.74. The second-order valence-electron chi connectivity index (χ2n) is 3.78. The molecule has 2 amide bonds. The first-order chi connectivity index (χ1) is 7.33. The van der Waals surface area contributed by atoms with Crippen LogP contribution in [0.4, 0.5) is 4.79 Å². The fraction of sp³-hybridized carbons (Fsp3) is 0.900. The molecular weight excluding hydrogens is 194 g/mol. The molecule has 0 bridgehead atoms. The van der Waals surface area contributed by atoms with Crippen LogP contribution in [0, 0.1) is 0 Å². The van der Waals surface area contributed by atoms with Gasteiger partial charge in [-0.2, -0.15) is 0 Å². The quantitative estimate of drug-likeness (QED) is 0.554. The predicted molar refractivity (Wildman–Crippen MR) is 58.7 cm³/mol. The lowest BCUT2D eigenvalue weighted by atomic mass is 10.3. The zero-order valence-electron chi connectivity index (χ0n) is 9.13. The van der Waals surface area contributed by atoms with Crippen molar-refractivity contribution in [2.24, 2.45) is 5.73 Å². The molecule has 88 valence electrons. The van der Waals surface area contributed by atoms with Crippen LogP contribution in [0.3, 0.4) is 0 Å². The van der Waals surface area contributed by atoms with E-state index in [2.05, 4.69) is 10.6 Å². The van der Waals surface area contributed by atoms with Crippen molar-refractivity contribution in [3.05, 3.63) is 0 Å². The zero-order valence-corrected chi connectivity index (χ0v) is 9.13. The molecular formula is C10H21N3O2. The Kier molecular flexibility index (Phi) is 6.11. The molecule has 1 fully saturated rings. The lowest BCUT2D eigenvalue weighted by Crippen LogP contribution is -2.42. The maximum absolute atomic E-state index is 11.3. The van der Waals surface area contributed by atoms with Crippen LogP contribution >= 0.6 is 0 Å². The summed E-state index contributed by atoms with van der Waals surface area (Å²) in [5.41, 5.74) is 5.25. The molecule has 0 unspecified atom stereocenters. The van der Waals surface area contributed by atoms with Gasteiger partial charge in [0.25, 0.3) is 0 Å². The van der Waals surface area contributed by atoms with Crippen LogP contribution in [0.2, 0.25) is 0 Å². The first-order valence-electron chi connectivity index (χ1n) is 5.65. The first-order valence-corrected chi connectivity index (χ1v) is 5.65. The van der Waals surface area contributed by atoms with E-state index >= 15 is 0 Å². The van der Waals surface area contributed by atoms with Gasteiger partial charge in [-0.15, -0.1) is 0 Å². The zero-order chi connectivity index (χ0) is 10.9. The highest BCUT2D eigenvalue weighted by Gasteiger charge is 2.16. The van der Waals surface area contributed by atoms with Gasteiger partial charge in [0.15, 0.2) is 0 Å². The van der Waals surface area contributed by atoms with E-state index < -0.39 is 0 Å². The number of carbonyl (C=O) groups excluding carboxylic acids is 1. The highest BCUT2D eigenvalue weighted by Crippen LogP contribution is 2.17. The van der Waals surface area contributed by atoms with E-state index in [1.54, 1.807) is 0 Å². The van der Waals surface area contributed by atoms with Gasteiger partial charge >= 0.3 is 6.03 Å². The number of ether oxygens (including phenoxy) is 1. The van der Waals surface area contributed by atoms with Crippen molar-refractivity contribution in [1.29, 1.82) is 0 Å². The van der Waals surface area contributed by atoms with Crippen LogP contribution in [-0.2, 0) is 4.74 Å². The Labute approximate surface area is 90.7 Å². The van der Waals surface area contributed by atoms with Crippen LogP contribution in [0.5, 0.6) is 0 Å². The minimum absolute atomic E-state index is 0.0850. The molecule has 1 saturated carbocycles. The van der Waals surface area contributed by atoms with Gasteiger partial charge in [0.2, 0.25) is 0 Å². The molecule has 0 aromatic carbocycles. The van der Waals surface area contributed by atoms with E-state index in [4.69, 9.17) is 10.5 Å². The standard InChI is InChI=1S/C10H21N3O2/c11-5-7-15-8-6-12-10(14)13-9-3-1-2-4-9/h9H,1-8,11H2,(H2,12,13,14). The molecule has 1 aliphatic rings. The van der Waals surface area contributed by atoms with Gasteiger partial charge in [-0.25, -0.2) is 4.79 Å². The van der Waals surface area contributed by atoms with E-state index in [1.165, 1.54) is 12.8 Å². The largest absolute Gasteiger partial charge is 0.378 e. The number of nitrogens with one attached hydrogen (secondary N) is 2. The Morgan fingerprint density at radius 3 is 2.73 bits per heavy atom. The summed E-state index contributed by atoms with van der Waals surface area (Å²) in [5, 5.41) is 5.69. The van der Waals surface area contributed by atoms with Crippen molar-refractivity contribution in [2.45, 2.75) is 31.7 Å². The van der Waals surface area contributed by atoms with Gasteiger partial charge in [0.05, 0.1) is 13.2 Å². The van der Waals surface area contributed by atoms with Gasteiger partial charge < -0.3 is 21.1 Å². The average molecular weight is 215 g/mol. The topological polar surface area (TPSA) is 76.4 Å². The van der Waals surface area contributed by atoms with Crippen molar-refractivity contribution in [1.82, 2.24) is 10.6 Å². The summed E-state index contributed by atoms with van der Waals surface area (Å²) in [7, 11) is 0. The minimum atomic E-state index is -0.0850. The highest BCUT2D eigenvalue weighted by atomic mass is 16.5. The number of amides is 2. The molecule has 0 atom stereocenters. The lowest BCUT2D eigenvalue weighted by molar-refractivity contribution is 0.143. The van der Waals surface area contributed by atoms with Gasteiger partial charge in [-0.3, -0.25) is 0 Å². The Morgan fingerprint density at radius 2 is 2.07 bits per heavy atom. The van der Waals surface area contributed by atoms with E-state index in [9.17, 15) is 4.79 Å². The smallest absolute Gasteiger partial charge is 0.315 e. The molecule has 4 N–H and O–H groups in total. The summed E-state index contributed by atoms with van der Waals surface area (Å²) in [6.07, 6.45) is 4.67. The molecule has 0 saturated heterocycles. The van der Waals surface area contributed by atoms with Crippen LogP contribution in [0.1, 0.15) is 25.7 Å². The number of rotatable bonds is 6. The van der Waals surface area contributed by atoms with Crippen molar-refractivity contribution in [3.8, 4) is 0 Å². The molecule has 1 rings (SSSR count). The van der Waals surface area contributed by atoms with Crippen molar-refractivity contribution >= 4 is 6.03 Å². The predicted octanol–water partition coefficient (Wildman–Crippen LogP) is 0.204. The normalized spacial score (nSPS) is 16.6. The van der Waals surface area contributed by atoms with E-state index in [1.807, 2.05) is 0 Å². The third-order valence-corrected chi connectivity index (χ3v) is 2.48. The molecule has 1 aliphatic carbocycles. The lowest BCUT2D eigenvalue weighted by Gasteiger charge is -2.12. The van der Waals surface area contributed by atoms with Crippen molar-refractivity contribution < 1.29 is 9.53 Å². The van der Waals surface area contributed by atoms with Gasteiger partial charge in [0.1, 0.15) is 0 Å². The van der Waals surface area contributed by atoms with Crippen LogP contribution < -0.4 is 16.4 Å². The maximum Gasteiger partial charge on any atom is 0.315 e. The van der Waals surface area contributed by atoms with Crippen LogP contribution in [-0.4, -0.2) is 38.4 Å². The third kappa shape index (κ3) is 5.59. The number of nitrogens with two attached hydrogens (primary N) is 1. The number of hydrogen-bond acceptors (Lipinski definition) is 3. The van der Waals surface area contributed by atoms with E-state index in [0.717, 1.165) is 12.8 Å². The Morgan fingerprint density at radius 1 is 1.33 bits per heavy atom. The summed E-state index contributed by atoms with van der Waals surface area (Å²) < 4.78 is 5.14. The fourth-order valence-corrected chi connectivity index (χ4v) is 1.73. The monoisotopic (exact) mass is 215 g/mol. The first kappa shape index (κ1) is 12.3. The van der Waals surface area contributed by atoms with Crippen LogP contribution in [0.25, 0.3) is 0 Å². The van der Waals surface area contributed by atoms with E-state index in [-0.39, 0.29) is 6.03 Å². The number of urea groups is 1. The fourth-order valence-electron chi connectivity index (χ4n) is 1.73. The van der Waals surface area contributed by atoms with E-state index in [0.29, 0.717) is 32.3 Å². The molecule has 0 aromatic heterocycles. The third-order valence-electron chi connectivity index (χ3n) is 2.48. The summed E-state index contributed by atoms with van der Waals surface area (Å²) in [6.45, 7) is 2.13. The second kappa shape index (κ2) is 7.48. The SMILES string of the molecule is NCCOCCNC(=O)NC1CCCC1. The molecule has 5 nitrogen and oxygen atoms in total. The molecule has 0 aliphatic heterocycles. The number of hydrogen-bond donors (Lipinski definition) is 3. The average Bonchev–Trinajstić information content (AvgIpc) is 2.70. The second-order valence-corrected chi connectivity index (χ2v) is 3.78. The molecule has 15 heavy (non-hydrogen) atoms. The molecule has 0 heterocycles. The van der Waals surface area contributed by atoms with Gasteiger partial charge in [-0.1, -0.05) is 12.8 Å². The maximum atomic E-state index is 11.3. The van der Waals surface area contributed by atoms with Gasteiger partial charge in [-0.05, 0) is 12.8 Å².